The van der Waals surface area contributed by atoms with Crippen molar-refractivity contribution < 1.29 is 9.59 Å². The molecule has 0 bridgehead atoms. The van der Waals surface area contributed by atoms with Crippen molar-refractivity contribution >= 4 is 11.8 Å². The summed E-state index contributed by atoms with van der Waals surface area (Å²) in [6.45, 7) is 6.14. The number of piperazine rings is 1. The smallest absolute Gasteiger partial charge is 0.240 e. The van der Waals surface area contributed by atoms with Gasteiger partial charge in [-0.15, -0.1) is 0 Å². The summed E-state index contributed by atoms with van der Waals surface area (Å²) < 4.78 is 0. The van der Waals surface area contributed by atoms with Crippen molar-refractivity contribution in [1.82, 2.24) is 15.5 Å². The van der Waals surface area contributed by atoms with Crippen LogP contribution in [0, 0.1) is 0 Å². The molecule has 5 nitrogen and oxygen atoms in total. The maximum Gasteiger partial charge on any atom is 0.240 e. The minimum Gasteiger partial charge on any atom is -0.311 e. The molecule has 2 rings (SSSR count). The van der Waals surface area contributed by atoms with Gasteiger partial charge in [0.15, 0.2) is 0 Å². The molecule has 1 aliphatic heterocycles. The van der Waals surface area contributed by atoms with E-state index in [0.717, 1.165) is 18.7 Å². The van der Waals surface area contributed by atoms with Gasteiger partial charge < -0.3 is 5.32 Å². The van der Waals surface area contributed by atoms with Crippen LogP contribution in [0.15, 0.2) is 30.3 Å². The molecule has 114 valence electrons. The second kappa shape index (κ2) is 7.33. The van der Waals surface area contributed by atoms with Crippen LogP contribution in [-0.4, -0.2) is 48.4 Å². The van der Waals surface area contributed by atoms with Crippen LogP contribution in [0.5, 0.6) is 0 Å². The molecule has 1 aliphatic rings. The van der Waals surface area contributed by atoms with Gasteiger partial charge in [0.25, 0.3) is 0 Å². The molecule has 0 aliphatic carbocycles. The summed E-state index contributed by atoms with van der Waals surface area (Å²) in [5, 5.41) is 5.84. The van der Waals surface area contributed by atoms with Gasteiger partial charge in [-0.3, -0.25) is 19.8 Å². The van der Waals surface area contributed by atoms with Gasteiger partial charge in [0, 0.05) is 25.2 Å². The van der Waals surface area contributed by atoms with Crippen molar-refractivity contribution in [2.24, 2.45) is 0 Å². The lowest BCUT2D eigenvalue weighted by Gasteiger charge is -2.36. The number of hydrogen-bond acceptors (Lipinski definition) is 4. The number of benzene rings is 1. The molecule has 21 heavy (non-hydrogen) atoms. The molecular weight excluding hydrogens is 266 g/mol. The Morgan fingerprint density at radius 2 is 1.95 bits per heavy atom. The predicted octanol–water partition coefficient (Wildman–Crippen LogP) is 0.554. The Balaban J connectivity index is 1.80. The fourth-order valence-electron chi connectivity index (χ4n) is 2.52. The van der Waals surface area contributed by atoms with Crippen molar-refractivity contribution in [1.29, 1.82) is 0 Å². The first kappa shape index (κ1) is 15.7. The lowest BCUT2D eigenvalue weighted by molar-refractivity contribution is -0.131. The molecule has 2 atom stereocenters. The van der Waals surface area contributed by atoms with Crippen LogP contribution in [0.2, 0.25) is 0 Å². The van der Waals surface area contributed by atoms with E-state index in [2.05, 4.69) is 29.4 Å². The molecule has 1 heterocycles. The fourth-order valence-corrected chi connectivity index (χ4v) is 2.52. The minimum atomic E-state index is -0.248. The Morgan fingerprint density at radius 1 is 1.24 bits per heavy atom. The van der Waals surface area contributed by atoms with Crippen molar-refractivity contribution in [2.75, 3.05) is 19.6 Å². The first-order valence-corrected chi connectivity index (χ1v) is 7.38. The highest BCUT2D eigenvalue weighted by Crippen LogP contribution is 2.05. The van der Waals surface area contributed by atoms with Crippen LogP contribution < -0.4 is 10.6 Å². The number of carbonyl (C=O) groups is 2. The fraction of sp³-hybridized carbons (Fsp3) is 0.500. The van der Waals surface area contributed by atoms with E-state index in [1.54, 1.807) is 0 Å². The Labute approximate surface area is 125 Å². The third kappa shape index (κ3) is 4.95. The van der Waals surface area contributed by atoms with Gasteiger partial charge in [-0.25, -0.2) is 0 Å². The number of nitrogens with zero attached hydrogens (tertiary/aromatic N) is 1. The third-order valence-electron chi connectivity index (χ3n) is 3.73. The first-order valence-electron chi connectivity index (χ1n) is 7.38. The molecule has 0 radical (unpaired) electrons. The van der Waals surface area contributed by atoms with E-state index in [1.807, 2.05) is 30.3 Å². The van der Waals surface area contributed by atoms with E-state index < -0.39 is 0 Å². The largest absolute Gasteiger partial charge is 0.311 e. The lowest BCUT2D eigenvalue weighted by Crippen LogP contribution is -2.56. The monoisotopic (exact) mass is 289 g/mol. The van der Waals surface area contributed by atoms with Crippen LogP contribution in [0.25, 0.3) is 0 Å². The van der Waals surface area contributed by atoms with Crippen LogP contribution in [-0.2, 0) is 16.0 Å². The number of nitrogens with one attached hydrogen (secondary N) is 2. The van der Waals surface area contributed by atoms with Crippen LogP contribution in [0.1, 0.15) is 19.4 Å². The first-order chi connectivity index (χ1) is 10.0. The highest BCUT2D eigenvalue weighted by Gasteiger charge is 2.24. The Kier molecular flexibility index (Phi) is 5.47. The number of imide groups is 1. The maximum absolute atomic E-state index is 12.0. The second-order valence-electron chi connectivity index (χ2n) is 5.72. The van der Waals surface area contributed by atoms with E-state index in [0.29, 0.717) is 12.1 Å². The molecule has 0 spiro atoms. The van der Waals surface area contributed by atoms with Crippen molar-refractivity contribution in [3.05, 3.63) is 35.9 Å². The van der Waals surface area contributed by atoms with Gasteiger partial charge in [0.05, 0.1) is 13.0 Å². The molecule has 1 saturated heterocycles. The Hall–Kier alpha value is -1.72. The zero-order valence-electron chi connectivity index (χ0n) is 12.6. The van der Waals surface area contributed by atoms with Gasteiger partial charge in [0.2, 0.25) is 11.8 Å². The van der Waals surface area contributed by atoms with Crippen LogP contribution in [0.3, 0.4) is 0 Å². The lowest BCUT2D eigenvalue weighted by atomic mass is 10.1. The topological polar surface area (TPSA) is 61.4 Å². The third-order valence-corrected chi connectivity index (χ3v) is 3.73. The minimum absolute atomic E-state index is 0.225. The van der Waals surface area contributed by atoms with E-state index in [-0.39, 0.29) is 24.8 Å². The Bertz CT molecular complexity index is 490. The van der Waals surface area contributed by atoms with Crippen molar-refractivity contribution in [3.63, 3.8) is 0 Å². The van der Waals surface area contributed by atoms with E-state index >= 15 is 0 Å². The van der Waals surface area contributed by atoms with Gasteiger partial charge in [-0.2, -0.15) is 0 Å². The summed E-state index contributed by atoms with van der Waals surface area (Å²) >= 11 is 0. The molecule has 1 fully saturated rings. The summed E-state index contributed by atoms with van der Waals surface area (Å²) in [6, 6.07) is 10.1. The molecule has 5 heteroatoms. The zero-order chi connectivity index (χ0) is 15.2. The highest BCUT2D eigenvalue weighted by atomic mass is 16.2. The number of hydrogen-bond donors (Lipinski definition) is 2. The van der Waals surface area contributed by atoms with E-state index in [9.17, 15) is 9.59 Å². The van der Waals surface area contributed by atoms with Crippen molar-refractivity contribution in [2.45, 2.75) is 32.4 Å². The zero-order valence-corrected chi connectivity index (χ0v) is 12.6. The van der Waals surface area contributed by atoms with Gasteiger partial charge in [-0.05, 0) is 19.4 Å². The van der Waals surface area contributed by atoms with Crippen LogP contribution >= 0.6 is 0 Å². The molecule has 2 unspecified atom stereocenters. The molecule has 0 saturated carbocycles. The molecule has 2 amide bonds. The predicted molar refractivity (Wildman–Crippen MR) is 81.8 cm³/mol. The molecular formula is C16H23N3O2. The number of rotatable bonds is 4. The summed E-state index contributed by atoms with van der Waals surface area (Å²) in [5.74, 6) is -0.473. The molecule has 0 aromatic heterocycles. The molecule has 2 N–H and O–H groups in total. The van der Waals surface area contributed by atoms with Gasteiger partial charge in [0.1, 0.15) is 0 Å². The van der Waals surface area contributed by atoms with Gasteiger partial charge in [-0.1, -0.05) is 30.3 Å². The van der Waals surface area contributed by atoms with E-state index in [4.69, 9.17) is 0 Å². The van der Waals surface area contributed by atoms with E-state index in [1.165, 1.54) is 0 Å². The second-order valence-corrected chi connectivity index (χ2v) is 5.72. The SMILES string of the molecule is CC1CN(CC(=O)NC(=O)Cc2ccccc2)C(C)CN1. The quantitative estimate of drug-likeness (QED) is 0.850. The number of amides is 2. The Morgan fingerprint density at radius 3 is 2.67 bits per heavy atom. The standard InChI is InChI=1S/C16H23N3O2/c1-12-10-19(13(2)9-17-12)11-16(21)18-15(20)8-14-6-4-3-5-7-14/h3-7,12-13,17H,8-11H2,1-2H3,(H,18,20,21). The summed E-state index contributed by atoms with van der Waals surface area (Å²) in [5.41, 5.74) is 0.909. The number of carbonyl (C=O) groups excluding carboxylic acids is 2. The summed E-state index contributed by atoms with van der Waals surface area (Å²) in [7, 11) is 0. The molecule has 1 aromatic rings. The van der Waals surface area contributed by atoms with Crippen LogP contribution in [0.4, 0.5) is 0 Å². The normalized spacial score (nSPS) is 22.8. The van der Waals surface area contributed by atoms with Crippen molar-refractivity contribution in [3.8, 4) is 0 Å². The average Bonchev–Trinajstić information content (AvgIpc) is 2.43. The summed E-state index contributed by atoms with van der Waals surface area (Å²) in [6.07, 6.45) is 0.236. The average molecular weight is 289 g/mol. The highest BCUT2D eigenvalue weighted by molar-refractivity contribution is 5.96. The maximum atomic E-state index is 12.0. The summed E-state index contributed by atoms with van der Waals surface area (Å²) in [4.78, 5) is 25.9. The van der Waals surface area contributed by atoms with Gasteiger partial charge >= 0.3 is 0 Å². The molecule has 1 aromatic carbocycles.